The van der Waals surface area contributed by atoms with Gasteiger partial charge in [-0.15, -0.1) is 4.40 Å². The quantitative estimate of drug-likeness (QED) is 0.530. The Kier molecular flexibility index (Phi) is 3.95. The van der Waals surface area contributed by atoms with Crippen molar-refractivity contribution in [2.45, 2.75) is 30.2 Å². The van der Waals surface area contributed by atoms with E-state index in [1.165, 1.54) is 11.1 Å². The summed E-state index contributed by atoms with van der Waals surface area (Å²) in [5, 5.41) is 5.83. The topological polar surface area (TPSA) is 99.9 Å². The van der Waals surface area contributed by atoms with E-state index < -0.39 is 10.0 Å². The number of sulfonamides is 1. The maximum Gasteiger partial charge on any atom is 0.326 e. The minimum atomic E-state index is -3.69. The smallest absolute Gasteiger partial charge is 0.306 e. The third kappa shape index (κ3) is 2.89. The van der Waals surface area contributed by atoms with Crippen molar-refractivity contribution in [1.29, 1.82) is 0 Å². The fraction of sp³-hybridized carbons (Fsp3) is 0.250. The molecule has 1 aliphatic carbocycles. The molecule has 1 saturated carbocycles. The van der Waals surface area contributed by atoms with Crippen molar-refractivity contribution in [2.24, 2.45) is 9.50 Å². The Labute approximate surface area is 167 Å². The number of nitrogens with one attached hydrogen (secondary N) is 1. The van der Waals surface area contributed by atoms with Crippen LogP contribution in [0.15, 0.2) is 61.7 Å². The number of rotatable bonds is 3. The van der Waals surface area contributed by atoms with Crippen LogP contribution in [0.5, 0.6) is 0 Å². The van der Waals surface area contributed by atoms with E-state index in [-0.39, 0.29) is 22.5 Å². The highest BCUT2D eigenvalue weighted by atomic mass is 32.2. The van der Waals surface area contributed by atoms with Crippen LogP contribution in [0.25, 0.3) is 11.0 Å². The molecule has 5 rings (SSSR count). The summed E-state index contributed by atoms with van der Waals surface area (Å²) in [6.45, 7) is 0. The van der Waals surface area contributed by atoms with Gasteiger partial charge >= 0.3 is 5.69 Å². The minimum absolute atomic E-state index is 0.0852. The van der Waals surface area contributed by atoms with Crippen molar-refractivity contribution in [3.63, 3.8) is 0 Å². The maximum atomic E-state index is 12.3. The minimum Gasteiger partial charge on any atom is -0.306 e. The number of hydrazone groups is 1. The monoisotopic (exact) mass is 409 g/mol. The summed E-state index contributed by atoms with van der Waals surface area (Å²) in [6, 6.07) is 12.6. The molecule has 2 aliphatic rings. The lowest BCUT2D eigenvalue weighted by Gasteiger charge is -2.26. The van der Waals surface area contributed by atoms with E-state index in [1.54, 1.807) is 31.5 Å². The van der Waals surface area contributed by atoms with Crippen LogP contribution in [0, 0.1) is 0 Å². The predicted molar refractivity (Wildman–Crippen MR) is 111 cm³/mol. The van der Waals surface area contributed by atoms with Crippen molar-refractivity contribution in [3.8, 4) is 0 Å². The first-order valence-electron chi connectivity index (χ1n) is 9.40. The van der Waals surface area contributed by atoms with Gasteiger partial charge in [-0.2, -0.15) is 13.5 Å². The fourth-order valence-corrected chi connectivity index (χ4v) is 4.99. The Hall–Kier alpha value is -3.20. The number of nitrogens with zero attached hydrogens (tertiary/aromatic N) is 4. The molecule has 0 atom stereocenters. The molecule has 2 heterocycles. The molecule has 0 bridgehead atoms. The van der Waals surface area contributed by atoms with Crippen molar-refractivity contribution in [2.75, 3.05) is 7.05 Å². The normalized spacial score (nSPS) is 18.0. The number of fused-ring (bicyclic) bond motifs is 2. The van der Waals surface area contributed by atoms with Gasteiger partial charge in [0.1, 0.15) is 4.90 Å². The van der Waals surface area contributed by atoms with Crippen LogP contribution < -0.4 is 5.69 Å². The molecule has 2 aromatic carbocycles. The Bertz CT molecular complexity index is 1350. The Morgan fingerprint density at radius 3 is 2.79 bits per heavy atom. The molecule has 1 N–H and O–H groups in total. The third-order valence-electron chi connectivity index (χ3n) is 5.48. The van der Waals surface area contributed by atoms with Crippen LogP contribution in [0.4, 0.5) is 0 Å². The summed E-state index contributed by atoms with van der Waals surface area (Å²) in [5.74, 6) is 0.283. The Morgan fingerprint density at radius 2 is 2.03 bits per heavy atom. The van der Waals surface area contributed by atoms with E-state index in [0.717, 1.165) is 35.9 Å². The molecular formula is C20H19N5O3S. The largest absolute Gasteiger partial charge is 0.326 e. The van der Waals surface area contributed by atoms with Gasteiger partial charge < -0.3 is 4.98 Å². The predicted octanol–water partition coefficient (Wildman–Crippen LogP) is 2.47. The summed E-state index contributed by atoms with van der Waals surface area (Å²) in [5.41, 5.74) is 2.92. The van der Waals surface area contributed by atoms with E-state index in [4.69, 9.17) is 0 Å². The van der Waals surface area contributed by atoms with Gasteiger partial charge in [-0.25, -0.2) is 9.80 Å². The molecule has 148 valence electrons. The maximum absolute atomic E-state index is 12.3. The summed E-state index contributed by atoms with van der Waals surface area (Å²) in [4.78, 5) is 15.4. The zero-order chi connectivity index (χ0) is 20.2. The number of H-pyrrole nitrogens is 1. The SMILES string of the molecule is CN(/N=C/c1ccc2[nH]c(=O)n(C3CCC3)c2c1)C1=NS(=O)(=O)c2ccccc21. The molecular weight excluding hydrogens is 390 g/mol. The van der Waals surface area contributed by atoms with Crippen LogP contribution >= 0.6 is 0 Å². The average Bonchev–Trinajstić information content (AvgIpc) is 3.13. The first-order valence-corrected chi connectivity index (χ1v) is 10.8. The third-order valence-corrected chi connectivity index (χ3v) is 6.81. The highest BCUT2D eigenvalue weighted by molar-refractivity contribution is 7.90. The lowest BCUT2D eigenvalue weighted by Crippen LogP contribution is -2.26. The zero-order valence-electron chi connectivity index (χ0n) is 15.7. The second-order valence-electron chi connectivity index (χ2n) is 7.32. The van der Waals surface area contributed by atoms with E-state index in [2.05, 4.69) is 14.5 Å². The van der Waals surface area contributed by atoms with Crippen molar-refractivity contribution in [1.82, 2.24) is 14.6 Å². The zero-order valence-corrected chi connectivity index (χ0v) is 16.6. The number of hydrogen-bond donors (Lipinski definition) is 1. The van der Waals surface area contributed by atoms with Crippen molar-refractivity contribution < 1.29 is 8.42 Å². The molecule has 0 spiro atoms. The second-order valence-corrected chi connectivity index (χ2v) is 8.89. The molecule has 1 aromatic heterocycles. The number of hydrogen-bond acceptors (Lipinski definition) is 5. The number of aromatic amines is 1. The number of imidazole rings is 1. The molecule has 0 unspecified atom stereocenters. The van der Waals surface area contributed by atoms with E-state index in [1.807, 2.05) is 22.8 Å². The number of amidine groups is 1. The van der Waals surface area contributed by atoms with Crippen LogP contribution in [0.2, 0.25) is 0 Å². The number of benzene rings is 2. The highest BCUT2D eigenvalue weighted by Gasteiger charge is 2.30. The van der Waals surface area contributed by atoms with Gasteiger partial charge in [0.2, 0.25) is 0 Å². The number of aromatic nitrogens is 2. The Balaban J connectivity index is 1.47. The van der Waals surface area contributed by atoms with E-state index in [0.29, 0.717) is 5.56 Å². The lowest BCUT2D eigenvalue weighted by molar-refractivity contribution is 0.314. The molecule has 0 radical (unpaired) electrons. The molecule has 8 nitrogen and oxygen atoms in total. The van der Waals surface area contributed by atoms with Gasteiger partial charge in [0.15, 0.2) is 5.84 Å². The molecule has 1 aliphatic heterocycles. The summed E-state index contributed by atoms with van der Waals surface area (Å²) >= 11 is 0. The molecule has 0 amide bonds. The van der Waals surface area contributed by atoms with Gasteiger partial charge in [-0.1, -0.05) is 18.2 Å². The van der Waals surface area contributed by atoms with E-state index in [9.17, 15) is 13.2 Å². The Morgan fingerprint density at radius 1 is 1.24 bits per heavy atom. The van der Waals surface area contributed by atoms with E-state index >= 15 is 0 Å². The first kappa shape index (κ1) is 17.9. The van der Waals surface area contributed by atoms with Crippen molar-refractivity contribution in [3.05, 3.63) is 64.1 Å². The van der Waals surface area contributed by atoms with Gasteiger partial charge in [0.25, 0.3) is 10.0 Å². The lowest BCUT2D eigenvalue weighted by atomic mass is 9.93. The first-order chi connectivity index (χ1) is 13.9. The summed E-state index contributed by atoms with van der Waals surface area (Å²) in [6.07, 6.45) is 4.81. The molecule has 3 aromatic rings. The summed E-state index contributed by atoms with van der Waals surface area (Å²) in [7, 11) is -2.03. The van der Waals surface area contributed by atoms with Gasteiger partial charge in [0, 0.05) is 18.7 Å². The van der Waals surface area contributed by atoms with Crippen LogP contribution in [-0.4, -0.2) is 42.1 Å². The van der Waals surface area contributed by atoms with Crippen LogP contribution in [0.3, 0.4) is 0 Å². The van der Waals surface area contributed by atoms with Gasteiger partial charge in [-0.3, -0.25) is 4.57 Å². The molecule has 1 fully saturated rings. The van der Waals surface area contributed by atoms with Crippen molar-refractivity contribution >= 4 is 33.1 Å². The van der Waals surface area contributed by atoms with Crippen LogP contribution in [0.1, 0.15) is 36.4 Å². The van der Waals surface area contributed by atoms with Gasteiger partial charge in [0.05, 0.1) is 17.2 Å². The molecule has 29 heavy (non-hydrogen) atoms. The average molecular weight is 409 g/mol. The summed E-state index contributed by atoms with van der Waals surface area (Å²) < 4.78 is 30.1. The van der Waals surface area contributed by atoms with Crippen LogP contribution in [-0.2, 0) is 10.0 Å². The standard InChI is InChI=1S/C20H19N5O3S/c1-24(19-15-7-2-3-8-18(15)29(27,28)23-19)21-12-13-9-10-16-17(11-13)25(20(26)22-16)14-5-4-6-14/h2-3,7-12,14H,4-6H2,1H3,(H,22,26)/b21-12+. The second kappa shape index (κ2) is 6.41. The highest BCUT2D eigenvalue weighted by Crippen LogP contribution is 2.32. The molecule has 0 saturated heterocycles. The van der Waals surface area contributed by atoms with Gasteiger partial charge in [-0.05, 0) is 49.1 Å². The fourth-order valence-electron chi connectivity index (χ4n) is 3.76. The molecule has 9 heteroatoms.